The van der Waals surface area contributed by atoms with E-state index >= 15 is 0 Å². The molecule has 3 aromatic heterocycles. The highest BCUT2D eigenvalue weighted by Crippen LogP contribution is 2.35. The van der Waals surface area contributed by atoms with Crippen LogP contribution in [0.25, 0.3) is 22.4 Å². The molecule has 0 saturated heterocycles. The SMILES string of the molecule is N#Cc1ccc(NC2CCCNC(=O)COc3ccccc3-c3nc2nc2c3ncn2CC(F)(F)F)nc1. The van der Waals surface area contributed by atoms with E-state index in [0.29, 0.717) is 42.1 Å². The van der Waals surface area contributed by atoms with Crippen LogP contribution < -0.4 is 15.4 Å². The molecule has 1 aromatic carbocycles. The van der Waals surface area contributed by atoms with Crippen LogP contribution in [0.5, 0.6) is 5.75 Å². The van der Waals surface area contributed by atoms with Crippen LogP contribution in [0.1, 0.15) is 30.3 Å². The third-order valence-electron chi connectivity index (χ3n) is 5.85. The molecule has 0 aliphatic carbocycles. The van der Waals surface area contributed by atoms with Crippen molar-refractivity contribution in [2.24, 2.45) is 0 Å². The summed E-state index contributed by atoms with van der Waals surface area (Å²) in [4.78, 5) is 30.1. The Morgan fingerprint density at radius 3 is 2.79 bits per heavy atom. The Bertz CT molecular complexity index is 1510. The first-order valence-corrected chi connectivity index (χ1v) is 11.7. The number of fused-ring (bicyclic) bond motifs is 6. The van der Waals surface area contributed by atoms with E-state index in [9.17, 15) is 18.0 Å². The summed E-state index contributed by atoms with van der Waals surface area (Å²) in [7, 11) is 0. The molecular formula is C25H21F3N8O2. The van der Waals surface area contributed by atoms with Crippen molar-refractivity contribution in [3.05, 3.63) is 60.3 Å². The number of para-hydroxylation sites is 1. The van der Waals surface area contributed by atoms with Gasteiger partial charge in [0.1, 0.15) is 35.4 Å². The van der Waals surface area contributed by atoms with Crippen molar-refractivity contribution < 1.29 is 22.7 Å². The highest BCUT2D eigenvalue weighted by Gasteiger charge is 2.30. The molecule has 194 valence electrons. The van der Waals surface area contributed by atoms with Crippen molar-refractivity contribution in [3.8, 4) is 23.1 Å². The van der Waals surface area contributed by atoms with Gasteiger partial charge in [0.05, 0.1) is 17.9 Å². The number of nitriles is 1. The monoisotopic (exact) mass is 522 g/mol. The summed E-state index contributed by atoms with van der Waals surface area (Å²) in [6, 6.07) is 11.4. The number of rotatable bonds is 3. The molecular weight excluding hydrogens is 501 g/mol. The highest BCUT2D eigenvalue weighted by molar-refractivity contribution is 5.89. The van der Waals surface area contributed by atoms with E-state index in [1.165, 1.54) is 6.20 Å². The van der Waals surface area contributed by atoms with Crippen molar-refractivity contribution in [1.82, 2.24) is 29.8 Å². The Morgan fingerprint density at radius 2 is 2.03 bits per heavy atom. The van der Waals surface area contributed by atoms with Crippen LogP contribution in [0.2, 0.25) is 0 Å². The van der Waals surface area contributed by atoms with Gasteiger partial charge in [-0.3, -0.25) is 4.79 Å². The topological polar surface area (TPSA) is 131 Å². The van der Waals surface area contributed by atoms with E-state index in [0.717, 1.165) is 10.9 Å². The van der Waals surface area contributed by atoms with Crippen LogP contribution in [0, 0.1) is 11.3 Å². The number of carbonyl (C=O) groups is 1. The Morgan fingerprint density at radius 1 is 1.18 bits per heavy atom. The van der Waals surface area contributed by atoms with Gasteiger partial charge in [-0.25, -0.2) is 19.9 Å². The first-order chi connectivity index (χ1) is 18.3. The van der Waals surface area contributed by atoms with Crippen molar-refractivity contribution in [2.75, 3.05) is 18.5 Å². The fraction of sp³-hybridized carbons (Fsp3) is 0.280. The minimum Gasteiger partial charge on any atom is -0.483 e. The van der Waals surface area contributed by atoms with Crippen LogP contribution in [-0.4, -0.2) is 49.7 Å². The number of imidazole rings is 1. The van der Waals surface area contributed by atoms with Gasteiger partial charge in [-0.1, -0.05) is 12.1 Å². The van der Waals surface area contributed by atoms with Gasteiger partial charge in [-0.2, -0.15) is 18.4 Å². The molecule has 0 spiro atoms. The number of halogens is 3. The van der Waals surface area contributed by atoms with Gasteiger partial charge in [0.2, 0.25) is 0 Å². The maximum atomic E-state index is 13.4. The molecule has 13 heteroatoms. The molecule has 0 saturated carbocycles. The molecule has 5 rings (SSSR count). The summed E-state index contributed by atoms with van der Waals surface area (Å²) in [5, 5.41) is 15.1. The first kappa shape index (κ1) is 24.9. The van der Waals surface area contributed by atoms with Gasteiger partial charge in [0.15, 0.2) is 18.1 Å². The number of amides is 1. The summed E-state index contributed by atoms with van der Waals surface area (Å²) in [5.41, 5.74) is 1.30. The van der Waals surface area contributed by atoms with Gasteiger partial charge < -0.3 is 19.9 Å². The molecule has 1 aliphatic heterocycles. The van der Waals surface area contributed by atoms with Crippen LogP contribution in [0.15, 0.2) is 48.9 Å². The third kappa shape index (κ3) is 5.49. The number of carbonyl (C=O) groups excluding carboxylic acids is 1. The van der Waals surface area contributed by atoms with Crippen molar-refractivity contribution >= 4 is 22.9 Å². The zero-order valence-electron chi connectivity index (χ0n) is 19.9. The molecule has 38 heavy (non-hydrogen) atoms. The molecule has 2 bridgehead atoms. The zero-order chi connectivity index (χ0) is 26.7. The summed E-state index contributed by atoms with van der Waals surface area (Å²) in [5.74, 6) is 0.675. The number of benzene rings is 1. The number of nitrogens with zero attached hydrogens (tertiary/aromatic N) is 6. The molecule has 0 radical (unpaired) electrons. The second kappa shape index (κ2) is 10.3. The van der Waals surface area contributed by atoms with Crippen molar-refractivity contribution in [2.45, 2.75) is 31.6 Å². The lowest BCUT2D eigenvalue weighted by Crippen LogP contribution is -2.30. The number of hydrogen-bond acceptors (Lipinski definition) is 8. The van der Waals surface area contributed by atoms with Crippen LogP contribution in [-0.2, 0) is 11.3 Å². The predicted molar refractivity (Wildman–Crippen MR) is 130 cm³/mol. The number of ether oxygens (including phenoxy) is 1. The molecule has 1 amide bonds. The van der Waals surface area contributed by atoms with Crippen LogP contribution in [0.4, 0.5) is 19.0 Å². The second-order valence-electron chi connectivity index (χ2n) is 8.61. The Kier molecular flexibility index (Phi) is 6.78. The Labute approximate surface area is 214 Å². The summed E-state index contributed by atoms with van der Waals surface area (Å²) in [6.07, 6.45) is -1.07. The summed E-state index contributed by atoms with van der Waals surface area (Å²) < 4.78 is 46.8. The lowest BCUT2D eigenvalue weighted by atomic mass is 10.1. The van der Waals surface area contributed by atoms with Crippen LogP contribution in [0.3, 0.4) is 0 Å². The first-order valence-electron chi connectivity index (χ1n) is 11.7. The largest absolute Gasteiger partial charge is 0.483 e. The number of pyridine rings is 1. The lowest BCUT2D eigenvalue weighted by molar-refractivity contribution is -0.140. The average molecular weight is 522 g/mol. The highest BCUT2D eigenvalue weighted by atomic mass is 19.4. The van der Waals surface area contributed by atoms with Gasteiger partial charge in [-0.05, 0) is 37.1 Å². The quantitative estimate of drug-likeness (QED) is 0.416. The molecule has 0 fully saturated rings. The maximum Gasteiger partial charge on any atom is 0.406 e. The molecule has 1 unspecified atom stereocenters. The van der Waals surface area contributed by atoms with Crippen molar-refractivity contribution in [1.29, 1.82) is 5.26 Å². The van der Waals surface area contributed by atoms with E-state index in [2.05, 4.69) is 25.6 Å². The van der Waals surface area contributed by atoms with E-state index < -0.39 is 18.8 Å². The van der Waals surface area contributed by atoms with Crippen molar-refractivity contribution in [3.63, 3.8) is 0 Å². The summed E-state index contributed by atoms with van der Waals surface area (Å²) in [6.45, 7) is -1.17. The van der Waals surface area contributed by atoms with E-state index in [1.807, 2.05) is 6.07 Å². The Balaban J connectivity index is 1.68. The standard InChI is InChI=1S/C25H21F3N8O2/c26-25(27,28)13-36-14-32-22-21-16-4-1-2-6-18(16)38-12-20(37)30-9-3-5-17(23(34-21)35-24(22)36)33-19-8-7-15(10-29)11-31-19/h1-2,4,6-8,11,14,17H,3,5,9,12-13H2,(H,30,37)(H,31,33). The molecule has 1 aliphatic rings. The minimum atomic E-state index is -4.49. The number of aromatic nitrogens is 5. The number of anilines is 1. The number of alkyl halides is 3. The fourth-order valence-electron chi connectivity index (χ4n) is 4.12. The van der Waals surface area contributed by atoms with Gasteiger partial charge in [0.25, 0.3) is 5.91 Å². The van der Waals surface area contributed by atoms with E-state index in [-0.39, 0.29) is 35.2 Å². The van der Waals surface area contributed by atoms with Gasteiger partial charge in [0, 0.05) is 18.3 Å². The van der Waals surface area contributed by atoms with Gasteiger partial charge >= 0.3 is 6.18 Å². The second-order valence-corrected chi connectivity index (χ2v) is 8.61. The number of hydrogen-bond donors (Lipinski definition) is 2. The van der Waals surface area contributed by atoms with Gasteiger partial charge in [-0.15, -0.1) is 0 Å². The third-order valence-corrected chi connectivity index (χ3v) is 5.85. The summed E-state index contributed by atoms with van der Waals surface area (Å²) >= 11 is 0. The lowest BCUT2D eigenvalue weighted by Gasteiger charge is -2.19. The zero-order valence-corrected chi connectivity index (χ0v) is 19.9. The number of nitrogens with one attached hydrogen (secondary N) is 2. The normalized spacial score (nSPS) is 16.2. The molecule has 4 aromatic rings. The fourth-order valence-corrected chi connectivity index (χ4v) is 4.12. The smallest absolute Gasteiger partial charge is 0.406 e. The minimum absolute atomic E-state index is 0.0146. The Hall–Kier alpha value is -4.73. The van der Waals surface area contributed by atoms with E-state index in [1.54, 1.807) is 36.4 Å². The average Bonchev–Trinajstić information content (AvgIpc) is 3.30. The van der Waals surface area contributed by atoms with Crippen LogP contribution >= 0.6 is 0 Å². The van der Waals surface area contributed by atoms with E-state index in [4.69, 9.17) is 15.0 Å². The molecule has 4 heterocycles. The molecule has 1 atom stereocenters. The maximum absolute atomic E-state index is 13.4. The predicted octanol–water partition coefficient (Wildman–Crippen LogP) is 3.76. The molecule has 2 N–H and O–H groups in total. The molecule has 10 nitrogen and oxygen atoms in total.